The molecule has 4 rings (SSSR count). The first-order valence-corrected chi connectivity index (χ1v) is 10.8. The quantitative estimate of drug-likeness (QED) is 0.644. The monoisotopic (exact) mass is 448 g/mol. The zero-order valence-electron chi connectivity index (χ0n) is 18.6. The van der Waals surface area contributed by atoms with Crippen molar-refractivity contribution in [1.82, 2.24) is 24.6 Å². The Bertz CT molecular complexity index is 1200. The van der Waals surface area contributed by atoms with Crippen LogP contribution >= 0.6 is 0 Å². The number of piperazine rings is 1. The van der Waals surface area contributed by atoms with Gasteiger partial charge in [0.15, 0.2) is 11.6 Å². The Morgan fingerprint density at radius 2 is 2.12 bits per heavy atom. The highest BCUT2D eigenvalue weighted by Gasteiger charge is 2.27. The van der Waals surface area contributed by atoms with Crippen LogP contribution in [0.15, 0.2) is 42.7 Å². The van der Waals surface area contributed by atoms with Crippen LogP contribution in [-0.2, 0) is 6.67 Å². The lowest BCUT2D eigenvalue weighted by molar-refractivity contribution is 0.0499. The predicted molar refractivity (Wildman–Crippen MR) is 121 cm³/mol. The van der Waals surface area contributed by atoms with Crippen LogP contribution in [0.5, 0.6) is 5.75 Å². The van der Waals surface area contributed by atoms with E-state index in [-0.39, 0.29) is 34.5 Å². The van der Waals surface area contributed by atoms with Crippen molar-refractivity contribution in [2.45, 2.75) is 26.6 Å². The summed E-state index contributed by atoms with van der Waals surface area (Å²) in [6.07, 6.45) is 2.87. The lowest BCUT2D eigenvalue weighted by Crippen LogP contribution is -2.53. The lowest BCUT2D eigenvalue weighted by atomic mass is 10.00. The number of likely N-dealkylation sites (N-methyl/N-ethyl adjacent to an activating group) is 1. The molecule has 170 valence electrons. The van der Waals surface area contributed by atoms with Gasteiger partial charge in [0.05, 0.1) is 23.4 Å². The first kappa shape index (κ1) is 22.4. The minimum Gasteiger partial charge on any atom is -0.504 e. The van der Waals surface area contributed by atoms with Gasteiger partial charge in [-0.05, 0) is 31.7 Å². The maximum absolute atomic E-state index is 13.6. The smallest absolute Gasteiger partial charge is 0.255 e. The van der Waals surface area contributed by atoms with Crippen molar-refractivity contribution in [1.29, 1.82) is 5.26 Å². The maximum Gasteiger partial charge on any atom is 0.255 e. The molecular formula is C24H25FN6O2. The second kappa shape index (κ2) is 9.38. The average Bonchev–Trinajstić information content (AvgIpc) is 3.24. The van der Waals surface area contributed by atoms with Gasteiger partial charge in [-0.3, -0.25) is 9.69 Å². The fourth-order valence-corrected chi connectivity index (χ4v) is 4.17. The number of amides is 1. The molecule has 1 saturated heterocycles. The summed E-state index contributed by atoms with van der Waals surface area (Å²) < 4.78 is 15.0. The Hall–Kier alpha value is -3.77. The van der Waals surface area contributed by atoms with Crippen molar-refractivity contribution in [3.05, 3.63) is 59.4 Å². The van der Waals surface area contributed by atoms with Crippen molar-refractivity contribution < 1.29 is 14.3 Å². The molecule has 0 aliphatic carbocycles. The minimum atomic E-state index is -0.856. The third-order valence-corrected chi connectivity index (χ3v) is 6.03. The highest BCUT2D eigenvalue weighted by Crippen LogP contribution is 2.33. The third kappa shape index (κ3) is 4.30. The van der Waals surface area contributed by atoms with Crippen LogP contribution in [0.2, 0.25) is 0 Å². The molecule has 1 aliphatic rings. The fourth-order valence-electron chi connectivity index (χ4n) is 4.17. The Balaban J connectivity index is 1.58. The first-order chi connectivity index (χ1) is 16.0. The van der Waals surface area contributed by atoms with Crippen LogP contribution in [0.3, 0.4) is 0 Å². The number of pyridine rings is 1. The molecule has 2 aromatic heterocycles. The van der Waals surface area contributed by atoms with Gasteiger partial charge in [-0.15, -0.1) is 0 Å². The number of alkyl halides is 1. The molecule has 0 saturated carbocycles. The summed E-state index contributed by atoms with van der Waals surface area (Å²) in [4.78, 5) is 21.5. The molecule has 1 atom stereocenters. The van der Waals surface area contributed by atoms with Crippen LogP contribution in [-0.4, -0.2) is 67.8 Å². The number of aromatic hydroxyl groups is 1. The summed E-state index contributed by atoms with van der Waals surface area (Å²) in [5.41, 5.74) is 1.35. The summed E-state index contributed by atoms with van der Waals surface area (Å²) >= 11 is 0. The molecule has 0 radical (unpaired) electrons. The topological polar surface area (TPSA) is 98.3 Å². The third-order valence-electron chi connectivity index (χ3n) is 6.03. The molecule has 3 heterocycles. The van der Waals surface area contributed by atoms with Gasteiger partial charge in [0.2, 0.25) is 0 Å². The van der Waals surface area contributed by atoms with Crippen molar-refractivity contribution in [3.63, 3.8) is 0 Å². The van der Waals surface area contributed by atoms with E-state index in [9.17, 15) is 19.6 Å². The number of nitrogens with zero attached hydrogens (tertiary/aromatic N) is 6. The van der Waals surface area contributed by atoms with Gasteiger partial charge < -0.3 is 10.0 Å². The SMILES string of the molecule is CCN1CCN(C(=O)c2ccc(-n3cc(O)c(-c4cccc(C#N)c4CF)n3)nc2)[C@H](C)C1. The summed E-state index contributed by atoms with van der Waals surface area (Å²) in [5, 5.41) is 24.0. The largest absolute Gasteiger partial charge is 0.504 e. The number of aromatic nitrogens is 3. The van der Waals surface area contributed by atoms with Gasteiger partial charge in [-0.1, -0.05) is 19.1 Å². The van der Waals surface area contributed by atoms with Crippen LogP contribution in [0, 0.1) is 11.3 Å². The Labute approximate surface area is 191 Å². The Morgan fingerprint density at radius 1 is 1.30 bits per heavy atom. The second-order valence-corrected chi connectivity index (χ2v) is 8.03. The van der Waals surface area contributed by atoms with Crippen LogP contribution < -0.4 is 0 Å². The molecular weight excluding hydrogens is 423 g/mol. The van der Waals surface area contributed by atoms with E-state index in [1.165, 1.54) is 23.1 Å². The molecule has 8 nitrogen and oxygen atoms in total. The van der Waals surface area contributed by atoms with Gasteiger partial charge in [0, 0.05) is 43.0 Å². The molecule has 0 spiro atoms. The first-order valence-electron chi connectivity index (χ1n) is 10.8. The molecule has 1 fully saturated rings. The maximum atomic E-state index is 13.6. The van der Waals surface area contributed by atoms with E-state index in [4.69, 9.17) is 0 Å². The van der Waals surface area contributed by atoms with E-state index in [0.717, 1.165) is 19.6 Å². The van der Waals surface area contributed by atoms with Crippen LogP contribution in [0.25, 0.3) is 17.1 Å². The number of carbonyl (C=O) groups excluding carboxylic acids is 1. The molecule has 33 heavy (non-hydrogen) atoms. The zero-order valence-corrected chi connectivity index (χ0v) is 18.6. The van der Waals surface area contributed by atoms with Gasteiger partial charge in [-0.2, -0.15) is 10.4 Å². The van der Waals surface area contributed by atoms with Crippen LogP contribution in [0.1, 0.15) is 35.3 Å². The van der Waals surface area contributed by atoms with E-state index in [0.29, 0.717) is 23.5 Å². The number of rotatable bonds is 5. The summed E-state index contributed by atoms with van der Waals surface area (Å²) in [7, 11) is 0. The lowest BCUT2D eigenvalue weighted by Gasteiger charge is -2.39. The van der Waals surface area contributed by atoms with Crippen molar-refractivity contribution >= 4 is 5.91 Å². The summed E-state index contributed by atoms with van der Waals surface area (Å²) in [6.45, 7) is 6.63. The number of benzene rings is 1. The van der Waals surface area contributed by atoms with E-state index >= 15 is 0 Å². The van der Waals surface area contributed by atoms with Gasteiger partial charge in [0.1, 0.15) is 12.4 Å². The van der Waals surface area contributed by atoms with Gasteiger partial charge >= 0.3 is 0 Å². The van der Waals surface area contributed by atoms with Gasteiger partial charge in [0.25, 0.3) is 5.91 Å². The number of halogens is 1. The molecule has 9 heteroatoms. The summed E-state index contributed by atoms with van der Waals surface area (Å²) in [6, 6.07) is 10.2. The molecule has 0 bridgehead atoms. The average molecular weight is 449 g/mol. The fraction of sp³-hybridized carbons (Fsp3) is 0.333. The Morgan fingerprint density at radius 3 is 2.76 bits per heavy atom. The van der Waals surface area contributed by atoms with Crippen molar-refractivity contribution in [2.24, 2.45) is 0 Å². The van der Waals surface area contributed by atoms with E-state index in [1.807, 2.05) is 17.9 Å². The summed E-state index contributed by atoms with van der Waals surface area (Å²) in [5.74, 6) is 0.168. The van der Waals surface area contributed by atoms with Gasteiger partial charge in [-0.25, -0.2) is 14.1 Å². The van der Waals surface area contributed by atoms with E-state index in [1.54, 1.807) is 24.3 Å². The number of hydrogen-bond donors (Lipinski definition) is 1. The normalized spacial score (nSPS) is 16.5. The predicted octanol–water partition coefficient (Wildman–Crippen LogP) is 3.15. The molecule has 1 amide bonds. The molecule has 1 N–H and O–H groups in total. The Kier molecular flexibility index (Phi) is 6.38. The van der Waals surface area contributed by atoms with Crippen LogP contribution in [0.4, 0.5) is 4.39 Å². The highest BCUT2D eigenvalue weighted by atomic mass is 19.1. The molecule has 1 aliphatic heterocycles. The van der Waals surface area contributed by atoms with E-state index in [2.05, 4.69) is 21.9 Å². The minimum absolute atomic E-state index is 0.0674. The standard InChI is InChI=1S/C24H25FN6O2/c1-3-29-9-10-30(16(2)14-29)24(33)18-7-8-22(27-13-18)31-15-21(32)23(28-31)19-6-4-5-17(12-26)20(19)11-25/h4-8,13,15-16,32H,3,9-11,14H2,1-2H3/t16-/m1/s1. The van der Waals surface area contributed by atoms with Crippen molar-refractivity contribution in [2.75, 3.05) is 26.2 Å². The number of hydrogen-bond acceptors (Lipinski definition) is 6. The van der Waals surface area contributed by atoms with E-state index < -0.39 is 6.67 Å². The number of carbonyl (C=O) groups is 1. The second-order valence-electron chi connectivity index (χ2n) is 8.03. The molecule has 3 aromatic rings. The zero-order chi connectivity index (χ0) is 23.5. The number of nitriles is 1. The van der Waals surface area contributed by atoms with Crippen molar-refractivity contribution in [3.8, 4) is 28.9 Å². The molecule has 1 aromatic carbocycles. The molecule has 0 unspecified atom stereocenters. The highest BCUT2D eigenvalue weighted by molar-refractivity contribution is 5.94.